The smallest absolute Gasteiger partial charge is 0.416 e. The Balaban J connectivity index is 1.61. The van der Waals surface area contributed by atoms with E-state index in [1.54, 1.807) is 30.3 Å². The third-order valence-corrected chi connectivity index (χ3v) is 5.13. The van der Waals surface area contributed by atoms with Gasteiger partial charge in [0.2, 0.25) is 5.75 Å². The average Bonchev–Trinajstić information content (AvgIpc) is 3.31. The molecule has 4 aromatic rings. The topological polar surface area (TPSA) is 78.1 Å². The van der Waals surface area contributed by atoms with Crippen LogP contribution in [0.15, 0.2) is 71.4 Å². The van der Waals surface area contributed by atoms with E-state index in [0.717, 1.165) is 12.1 Å². The van der Waals surface area contributed by atoms with Crippen LogP contribution >= 0.6 is 0 Å². The van der Waals surface area contributed by atoms with E-state index in [1.807, 2.05) is 0 Å². The lowest BCUT2D eigenvalue weighted by Gasteiger charge is -2.13. The first kappa shape index (κ1) is 23.7. The number of ether oxygens (including phenoxy) is 3. The maximum absolute atomic E-state index is 13.0. The van der Waals surface area contributed by atoms with Gasteiger partial charge < -0.3 is 23.7 Å². The molecule has 4 rings (SSSR count). The zero-order valence-corrected chi connectivity index (χ0v) is 18.6. The standard InChI is InChI=1S/C26H19F3O6/c1-32-23-19-11-12-34-24(19)25(33-2)22(31)21(23)20(30)10-9-15-5-3-7-17(13-15)35-18-8-4-6-16(14-18)26(27,28)29/h3-14,31H,1-2H3. The first-order valence-corrected chi connectivity index (χ1v) is 10.2. The number of methoxy groups -OCH3 is 2. The largest absolute Gasteiger partial charge is 0.504 e. The Bertz CT molecular complexity index is 1420. The van der Waals surface area contributed by atoms with Crippen LogP contribution in [0.25, 0.3) is 17.0 Å². The molecule has 1 aromatic heterocycles. The summed E-state index contributed by atoms with van der Waals surface area (Å²) < 4.78 is 60.3. The molecule has 0 aliphatic carbocycles. The lowest BCUT2D eigenvalue weighted by Crippen LogP contribution is -2.04. The number of carbonyl (C=O) groups excluding carboxylic acids is 1. The van der Waals surface area contributed by atoms with Crippen molar-refractivity contribution in [1.82, 2.24) is 0 Å². The summed E-state index contributed by atoms with van der Waals surface area (Å²) in [7, 11) is 2.70. The van der Waals surface area contributed by atoms with Gasteiger partial charge in [0.05, 0.1) is 31.4 Å². The van der Waals surface area contributed by atoms with Gasteiger partial charge in [-0.25, -0.2) is 0 Å². The van der Waals surface area contributed by atoms with Crippen molar-refractivity contribution >= 4 is 22.8 Å². The number of alkyl halides is 3. The van der Waals surface area contributed by atoms with E-state index in [9.17, 15) is 23.1 Å². The van der Waals surface area contributed by atoms with Crippen LogP contribution in [0.2, 0.25) is 0 Å². The molecule has 35 heavy (non-hydrogen) atoms. The summed E-state index contributed by atoms with van der Waals surface area (Å²) in [4.78, 5) is 13.0. The minimum absolute atomic E-state index is 0.000894. The predicted molar refractivity (Wildman–Crippen MR) is 122 cm³/mol. The van der Waals surface area contributed by atoms with E-state index in [4.69, 9.17) is 18.6 Å². The lowest BCUT2D eigenvalue weighted by atomic mass is 10.0. The number of halogens is 3. The third kappa shape index (κ3) is 4.79. The Morgan fingerprint density at radius 2 is 1.66 bits per heavy atom. The molecule has 0 aliphatic heterocycles. The average molecular weight is 484 g/mol. The summed E-state index contributed by atoms with van der Waals surface area (Å²) in [5.74, 6) is -0.566. The number of benzene rings is 3. The minimum Gasteiger partial charge on any atom is -0.504 e. The van der Waals surface area contributed by atoms with Crippen molar-refractivity contribution in [3.05, 3.63) is 83.6 Å². The monoisotopic (exact) mass is 484 g/mol. The Morgan fingerprint density at radius 1 is 0.971 bits per heavy atom. The van der Waals surface area contributed by atoms with Gasteiger partial charge >= 0.3 is 6.18 Å². The molecule has 0 fully saturated rings. The predicted octanol–water partition coefficient (Wildman–Crippen LogP) is 6.86. The molecular formula is C26H19F3O6. The Morgan fingerprint density at radius 3 is 2.34 bits per heavy atom. The van der Waals surface area contributed by atoms with Crippen molar-refractivity contribution in [3.8, 4) is 28.7 Å². The van der Waals surface area contributed by atoms with Crippen molar-refractivity contribution in [2.45, 2.75) is 6.18 Å². The lowest BCUT2D eigenvalue weighted by molar-refractivity contribution is -0.137. The van der Waals surface area contributed by atoms with E-state index < -0.39 is 23.3 Å². The van der Waals surface area contributed by atoms with Gasteiger partial charge in [0.25, 0.3) is 0 Å². The number of hydrogen-bond acceptors (Lipinski definition) is 6. The molecule has 0 radical (unpaired) electrons. The molecule has 0 atom stereocenters. The number of phenolic OH excluding ortho intramolecular Hbond substituents is 1. The first-order valence-electron chi connectivity index (χ1n) is 10.2. The highest BCUT2D eigenvalue weighted by Gasteiger charge is 2.30. The highest BCUT2D eigenvalue weighted by molar-refractivity contribution is 6.15. The molecule has 0 amide bonds. The molecule has 0 bridgehead atoms. The summed E-state index contributed by atoms with van der Waals surface area (Å²) in [5, 5.41) is 11.1. The van der Waals surface area contributed by atoms with Crippen LogP contribution in [0.1, 0.15) is 21.5 Å². The Kier molecular flexibility index (Phi) is 6.42. The van der Waals surface area contributed by atoms with Gasteiger partial charge in [0.15, 0.2) is 17.1 Å². The maximum Gasteiger partial charge on any atom is 0.416 e. The number of aromatic hydroxyl groups is 1. The fraction of sp³-hybridized carbons (Fsp3) is 0.115. The molecule has 0 aliphatic rings. The van der Waals surface area contributed by atoms with Gasteiger partial charge in [0, 0.05) is 0 Å². The molecule has 0 spiro atoms. The molecule has 0 unspecified atom stereocenters. The molecular weight excluding hydrogens is 465 g/mol. The molecule has 180 valence electrons. The van der Waals surface area contributed by atoms with Crippen molar-refractivity contribution in [3.63, 3.8) is 0 Å². The number of rotatable bonds is 7. The van der Waals surface area contributed by atoms with Crippen LogP contribution in [-0.2, 0) is 6.18 Å². The highest BCUT2D eigenvalue weighted by Crippen LogP contribution is 2.46. The second-order valence-corrected chi connectivity index (χ2v) is 7.35. The number of hydrogen-bond donors (Lipinski definition) is 1. The van der Waals surface area contributed by atoms with E-state index >= 15 is 0 Å². The Hall–Kier alpha value is -4.40. The molecule has 1 heterocycles. The summed E-state index contributed by atoms with van der Waals surface area (Å²) in [5.41, 5.74) is -0.152. The fourth-order valence-corrected chi connectivity index (χ4v) is 3.57. The summed E-state index contributed by atoms with van der Waals surface area (Å²) in [6, 6.07) is 12.6. The molecule has 6 nitrogen and oxygen atoms in total. The summed E-state index contributed by atoms with van der Waals surface area (Å²) in [6.07, 6.45) is -0.396. The number of allylic oxidation sites excluding steroid dienone is 1. The second-order valence-electron chi connectivity index (χ2n) is 7.35. The van der Waals surface area contributed by atoms with Crippen LogP contribution in [0.4, 0.5) is 13.2 Å². The third-order valence-electron chi connectivity index (χ3n) is 5.13. The molecule has 9 heteroatoms. The molecule has 0 saturated heterocycles. The van der Waals surface area contributed by atoms with Crippen molar-refractivity contribution < 1.29 is 41.7 Å². The van der Waals surface area contributed by atoms with Gasteiger partial charge in [-0.15, -0.1) is 0 Å². The fourth-order valence-electron chi connectivity index (χ4n) is 3.57. The van der Waals surface area contributed by atoms with Gasteiger partial charge in [-0.05, 0) is 48.0 Å². The number of phenols is 1. The molecule has 0 saturated carbocycles. The number of furan rings is 1. The Labute approximate surface area is 197 Å². The highest BCUT2D eigenvalue weighted by atomic mass is 19.4. The number of fused-ring (bicyclic) bond motifs is 1. The van der Waals surface area contributed by atoms with E-state index in [2.05, 4.69) is 0 Å². The second kappa shape index (κ2) is 9.46. The van der Waals surface area contributed by atoms with Gasteiger partial charge in [-0.3, -0.25) is 4.79 Å². The zero-order valence-electron chi connectivity index (χ0n) is 18.6. The number of ketones is 1. The molecule has 1 N–H and O–H groups in total. The van der Waals surface area contributed by atoms with Gasteiger partial charge in [-0.2, -0.15) is 13.2 Å². The van der Waals surface area contributed by atoms with E-state index in [0.29, 0.717) is 10.9 Å². The van der Waals surface area contributed by atoms with Crippen molar-refractivity contribution in [2.24, 2.45) is 0 Å². The zero-order chi connectivity index (χ0) is 25.2. The maximum atomic E-state index is 13.0. The van der Waals surface area contributed by atoms with Gasteiger partial charge in [-0.1, -0.05) is 24.3 Å². The summed E-state index contributed by atoms with van der Waals surface area (Å²) >= 11 is 0. The van der Waals surface area contributed by atoms with Crippen molar-refractivity contribution in [2.75, 3.05) is 14.2 Å². The first-order chi connectivity index (χ1) is 16.7. The summed E-state index contributed by atoms with van der Waals surface area (Å²) in [6.45, 7) is 0. The SMILES string of the molecule is COc1c(C(=O)C=Cc2cccc(Oc3cccc(C(F)(F)F)c3)c2)c(O)c(OC)c2occc12. The van der Waals surface area contributed by atoms with E-state index in [1.165, 1.54) is 44.8 Å². The van der Waals surface area contributed by atoms with Crippen LogP contribution in [0, 0.1) is 0 Å². The quantitative estimate of drug-likeness (QED) is 0.228. The normalized spacial score (nSPS) is 11.7. The van der Waals surface area contributed by atoms with Crippen molar-refractivity contribution in [1.29, 1.82) is 0 Å². The number of carbonyl (C=O) groups is 1. The minimum atomic E-state index is -4.49. The van der Waals surface area contributed by atoms with Crippen LogP contribution in [0.3, 0.4) is 0 Å². The molecule has 3 aromatic carbocycles. The van der Waals surface area contributed by atoms with E-state index in [-0.39, 0.29) is 34.1 Å². The van der Waals surface area contributed by atoms with Crippen LogP contribution in [-0.4, -0.2) is 25.1 Å². The van der Waals surface area contributed by atoms with Crippen LogP contribution < -0.4 is 14.2 Å². The van der Waals surface area contributed by atoms with Gasteiger partial charge in [0.1, 0.15) is 22.8 Å². The van der Waals surface area contributed by atoms with Crippen LogP contribution in [0.5, 0.6) is 28.7 Å².